The molecule has 1 nitrogen and oxygen atoms in total. The third kappa shape index (κ3) is 6.02. The normalized spacial score (nSPS) is 11.7. The van der Waals surface area contributed by atoms with E-state index < -0.39 is 0 Å². The highest BCUT2D eigenvalue weighted by molar-refractivity contribution is 6.11. The van der Waals surface area contributed by atoms with Crippen LogP contribution >= 0.6 is 0 Å². The Morgan fingerprint density at radius 2 is 0.945 bits per heavy atom. The van der Waals surface area contributed by atoms with Gasteiger partial charge in [-0.1, -0.05) is 182 Å². The summed E-state index contributed by atoms with van der Waals surface area (Å²) < 4.78 is 2.41. The van der Waals surface area contributed by atoms with E-state index in [0.29, 0.717) is 0 Å². The van der Waals surface area contributed by atoms with Crippen molar-refractivity contribution in [2.45, 2.75) is 0 Å². The van der Waals surface area contributed by atoms with Gasteiger partial charge in [0, 0.05) is 16.5 Å². The molecule has 0 unspecified atom stereocenters. The van der Waals surface area contributed by atoms with Crippen molar-refractivity contribution >= 4 is 44.2 Å². The number of fused-ring (bicyclic) bond motifs is 4. The molecule has 0 aliphatic heterocycles. The van der Waals surface area contributed by atoms with E-state index in [0.717, 1.165) is 5.69 Å². The molecule has 55 heavy (non-hydrogen) atoms. The monoisotopic (exact) mass is 699 g/mol. The molecule has 0 radical (unpaired) electrons. The average Bonchev–Trinajstić information content (AvgIpc) is 3.60. The van der Waals surface area contributed by atoms with E-state index in [1.807, 2.05) is 0 Å². The number of aromatic nitrogens is 1. The number of benzene rings is 9. The lowest BCUT2D eigenvalue weighted by atomic mass is 9.88. The summed E-state index contributed by atoms with van der Waals surface area (Å²) in [5, 5.41) is 4.99. The molecule has 0 aliphatic carbocycles. The van der Waals surface area contributed by atoms with E-state index in [2.05, 4.69) is 229 Å². The molecule has 0 N–H and O–H groups in total. The minimum atomic E-state index is 1.15. The van der Waals surface area contributed by atoms with Crippen molar-refractivity contribution in [1.29, 1.82) is 0 Å². The van der Waals surface area contributed by atoms with Gasteiger partial charge in [-0.05, 0) is 109 Å². The summed E-state index contributed by atoms with van der Waals surface area (Å²) in [6, 6.07) is 79.2. The van der Waals surface area contributed by atoms with Crippen molar-refractivity contribution in [1.82, 2.24) is 4.57 Å². The highest BCUT2D eigenvalue weighted by Crippen LogP contribution is 2.41. The van der Waals surface area contributed by atoms with E-state index in [-0.39, 0.29) is 0 Å². The van der Waals surface area contributed by atoms with Crippen molar-refractivity contribution in [2.75, 3.05) is 0 Å². The molecular weight excluding hydrogens is 663 g/mol. The number of hydrogen-bond donors (Lipinski definition) is 0. The Kier molecular flexibility index (Phi) is 8.24. The molecule has 10 rings (SSSR count). The van der Waals surface area contributed by atoms with Gasteiger partial charge < -0.3 is 4.57 Å². The van der Waals surface area contributed by atoms with Crippen molar-refractivity contribution in [3.05, 3.63) is 235 Å². The molecule has 0 saturated carbocycles. The molecule has 0 amide bonds. The lowest BCUT2D eigenvalue weighted by Crippen LogP contribution is -1.94. The van der Waals surface area contributed by atoms with Gasteiger partial charge in [-0.25, -0.2) is 0 Å². The third-order valence-electron chi connectivity index (χ3n) is 10.8. The molecule has 10 aromatic rings. The summed E-state index contributed by atoms with van der Waals surface area (Å²) in [5.41, 5.74) is 15.5. The molecule has 0 spiro atoms. The Labute approximate surface area is 321 Å². The Morgan fingerprint density at radius 1 is 0.345 bits per heavy atom. The Bertz CT molecular complexity index is 3000. The molecule has 1 aromatic heterocycles. The molecule has 1 heterocycles. The molecule has 0 saturated heterocycles. The zero-order valence-corrected chi connectivity index (χ0v) is 30.3. The van der Waals surface area contributed by atoms with Crippen LogP contribution in [0.4, 0.5) is 0 Å². The molecular formula is C54H37N. The summed E-state index contributed by atoms with van der Waals surface area (Å²) in [6.07, 6.45) is 2.30. The quantitative estimate of drug-likeness (QED) is 0.146. The summed E-state index contributed by atoms with van der Waals surface area (Å²) in [4.78, 5) is 0. The second-order valence-electron chi connectivity index (χ2n) is 14.1. The van der Waals surface area contributed by atoms with Gasteiger partial charge in [-0.3, -0.25) is 0 Å². The minimum absolute atomic E-state index is 1.15. The molecule has 258 valence electrons. The fourth-order valence-electron chi connectivity index (χ4n) is 8.19. The smallest absolute Gasteiger partial charge is 0.0547 e. The Hall–Kier alpha value is -7.22. The number of nitrogens with zero attached hydrogens (tertiary/aromatic N) is 1. The Morgan fingerprint density at radius 3 is 1.78 bits per heavy atom. The van der Waals surface area contributed by atoms with E-state index in [1.165, 1.54) is 88.2 Å². The van der Waals surface area contributed by atoms with Crippen LogP contribution < -0.4 is 0 Å². The van der Waals surface area contributed by atoms with Gasteiger partial charge in [0.2, 0.25) is 0 Å². The zero-order valence-electron chi connectivity index (χ0n) is 30.3. The first kappa shape index (κ1) is 32.4. The second-order valence-corrected chi connectivity index (χ2v) is 14.1. The van der Waals surface area contributed by atoms with Gasteiger partial charge in [0.1, 0.15) is 0 Å². The van der Waals surface area contributed by atoms with Crippen LogP contribution in [-0.2, 0) is 0 Å². The minimum Gasteiger partial charge on any atom is -0.309 e. The largest absolute Gasteiger partial charge is 0.309 e. The Balaban J connectivity index is 1.21. The van der Waals surface area contributed by atoms with E-state index in [4.69, 9.17) is 0 Å². The molecule has 0 atom stereocenters. The molecule has 0 fully saturated rings. The van der Waals surface area contributed by atoms with Crippen LogP contribution in [0, 0.1) is 0 Å². The van der Waals surface area contributed by atoms with Gasteiger partial charge >= 0.3 is 0 Å². The van der Waals surface area contributed by atoms with Gasteiger partial charge in [-0.2, -0.15) is 0 Å². The van der Waals surface area contributed by atoms with Crippen LogP contribution in [0.1, 0.15) is 16.7 Å². The molecule has 0 aliphatic rings. The number of rotatable bonds is 7. The van der Waals surface area contributed by atoms with E-state index in [1.54, 1.807) is 0 Å². The first-order valence-electron chi connectivity index (χ1n) is 18.9. The summed E-state index contributed by atoms with van der Waals surface area (Å²) in [5.74, 6) is 0. The zero-order chi connectivity index (χ0) is 36.6. The van der Waals surface area contributed by atoms with Crippen molar-refractivity contribution < 1.29 is 0 Å². The molecule has 0 bridgehead atoms. The lowest BCUT2D eigenvalue weighted by molar-refractivity contribution is 1.18. The fourth-order valence-corrected chi connectivity index (χ4v) is 8.19. The summed E-state index contributed by atoms with van der Waals surface area (Å²) >= 11 is 0. The first-order valence-corrected chi connectivity index (χ1v) is 18.9. The van der Waals surface area contributed by atoms with Crippen molar-refractivity contribution in [3.8, 4) is 39.1 Å². The van der Waals surface area contributed by atoms with E-state index >= 15 is 0 Å². The summed E-state index contributed by atoms with van der Waals surface area (Å²) in [7, 11) is 0. The maximum atomic E-state index is 2.41. The van der Waals surface area contributed by atoms with Crippen LogP contribution in [0.3, 0.4) is 0 Å². The summed E-state index contributed by atoms with van der Waals surface area (Å²) in [6.45, 7) is 0. The number of hydrogen-bond acceptors (Lipinski definition) is 0. The second kappa shape index (κ2) is 14.0. The van der Waals surface area contributed by atoms with Crippen molar-refractivity contribution in [2.24, 2.45) is 0 Å². The first-order chi connectivity index (χ1) is 27.3. The van der Waals surface area contributed by atoms with Crippen LogP contribution in [0.15, 0.2) is 218 Å². The van der Waals surface area contributed by atoms with Crippen LogP contribution in [0.25, 0.3) is 83.3 Å². The van der Waals surface area contributed by atoms with Gasteiger partial charge in [0.15, 0.2) is 0 Å². The fraction of sp³-hybridized carbons (Fsp3) is 0. The maximum absolute atomic E-state index is 2.41. The van der Waals surface area contributed by atoms with E-state index in [9.17, 15) is 0 Å². The predicted molar refractivity (Wildman–Crippen MR) is 234 cm³/mol. The topological polar surface area (TPSA) is 4.93 Å². The highest BCUT2D eigenvalue weighted by Gasteiger charge is 2.17. The van der Waals surface area contributed by atoms with Crippen LogP contribution in [-0.4, -0.2) is 4.57 Å². The van der Waals surface area contributed by atoms with Gasteiger partial charge in [0.25, 0.3) is 0 Å². The van der Waals surface area contributed by atoms with Crippen molar-refractivity contribution in [3.63, 3.8) is 0 Å². The highest BCUT2D eigenvalue weighted by atomic mass is 15.0. The molecule has 1 heteroatoms. The molecule has 9 aromatic carbocycles. The SMILES string of the molecule is C(=C(c1ccccc1)c1cccc(-c2ccc(-c3cccc4ccccc34)cc2-c2ccc3c4ccccc4n(-c4ccccc4)c3c2)c1)c1ccccc1. The number of para-hydroxylation sites is 2. The predicted octanol–water partition coefficient (Wildman–Crippen LogP) is 14.5. The van der Waals surface area contributed by atoms with Gasteiger partial charge in [0.05, 0.1) is 11.0 Å². The maximum Gasteiger partial charge on any atom is 0.0547 e. The standard InChI is InChI=1S/C54H37N/c1-4-16-38(17-5-1)34-51(40-18-6-2-7-19-40)42-23-14-22-41(35-42)48-32-30-43(47-28-15-21-39-20-10-11-26-46(39)47)36-52(48)44-31-33-50-49-27-12-13-29-53(49)55(54(50)37-44)45-24-8-3-9-25-45/h1-37H. The van der Waals surface area contributed by atoms with Gasteiger partial charge in [-0.15, -0.1) is 0 Å². The van der Waals surface area contributed by atoms with Crippen LogP contribution in [0.5, 0.6) is 0 Å². The van der Waals surface area contributed by atoms with Crippen LogP contribution in [0.2, 0.25) is 0 Å². The average molecular weight is 700 g/mol. The lowest BCUT2D eigenvalue weighted by Gasteiger charge is -2.17. The third-order valence-corrected chi connectivity index (χ3v) is 10.8.